The van der Waals surface area contributed by atoms with Crippen molar-refractivity contribution in [3.63, 3.8) is 0 Å². The van der Waals surface area contributed by atoms with E-state index in [1.165, 1.54) is 6.92 Å². The van der Waals surface area contributed by atoms with Gasteiger partial charge in [0.05, 0.1) is 6.54 Å². The van der Waals surface area contributed by atoms with Crippen LogP contribution in [0.15, 0.2) is 0 Å². The number of nitrogens with two attached hydrogens (primary N) is 1. The standard InChI is InChI=1S/C9H20N3O5P/c1-3-4-7(12-8(13)5-10)9(14)11-6(2)18(15,16)17/h6-7H,3-5,10H2,1-2H3,(H,11,14)(H,12,13)(H2,15,16,17)/t6-,7+/m1/s1. The zero-order valence-electron chi connectivity index (χ0n) is 10.4. The fourth-order valence-electron chi connectivity index (χ4n) is 1.20. The van der Waals surface area contributed by atoms with Crippen LogP contribution in [0, 0.1) is 0 Å². The summed E-state index contributed by atoms with van der Waals surface area (Å²) in [5, 5.41) is 4.57. The van der Waals surface area contributed by atoms with E-state index >= 15 is 0 Å². The summed E-state index contributed by atoms with van der Waals surface area (Å²) < 4.78 is 10.9. The molecule has 0 unspecified atom stereocenters. The Morgan fingerprint density at radius 1 is 1.33 bits per heavy atom. The maximum Gasteiger partial charge on any atom is 0.347 e. The third-order valence-electron chi connectivity index (χ3n) is 2.27. The average molecular weight is 281 g/mol. The molecule has 0 rings (SSSR count). The van der Waals surface area contributed by atoms with E-state index in [2.05, 4.69) is 10.6 Å². The number of nitrogens with one attached hydrogen (secondary N) is 2. The molecule has 0 aliphatic carbocycles. The van der Waals surface area contributed by atoms with E-state index in [4.69, 9.17) is 15.5 Å². The summed E-state index contributed by atoms with van der Waals surface area (Å²) >= 11 is 0. The van der Waals surface area contributed by atoms with Crippen LogP contribution in [0.5, 0.6) is 0 Å². The predicted octanol–water partition coefficient (Wildman–Crippen LogP) is -1.13. The minimum atomic E-state index is -4.38. The summed E-state index contributed by atoms with van der Waals surface area (Å²) in [5.74, 6) is -2.42. The Kier molecular flexibility index (Phi) is 7.08. The first-order chi connectivity index (χ1) is 8.22. The minimum Gasteiger partial charge on any atom is -0.343 e. The molecule has 18 heavy (non-hydrogen) atoms. The highest BCUT2D eigenvalue weighted by atomic mass is 31.2. The van der Waals surface area contributed by atoms with Gasteiger partial charge in [-0.3, -0.25) is 14.2 Å². The molecule has 8 nitrogen and oxygen atoms in total. The van der Waals surface area contributed by atoms with E-state index in [0.717, 1.165) is 0 Å². The summed E-state index contributed by atoms with van der Waals surface area (Å²) in [6, 6.07) is -0.833. The molecule has 0 radical (unpaired) electrons. The summed E-state index contributed by atoms with van der Waals surface area (Å²) in [6.07, 6.45) is 0.999. The molecule has 2 atom stereocenters. The van der Waals surface area contributed by atoms with Gasteiger partial charge in [0, 0.05) is 0 Å². The van der Waals surface area contributed by atoms with Crippen molar-refractivity contribution in [1.82, 2.24) is 10.6 Å². The van der Waals surface area contributed by atoms with Crippen molar-refractivity contribution >= 4 is 19.4 Å². The van der Waals surface area contributed by atoms with Gasteiger partial charge in [0.2, 0.25) is 11.8 Å². The molecule has 0 saturated heterocycles. The van der Waals surface area contributed by atoms with Crippen LogP contribution >= 0.6 is 7.60 Å². The van der Waals surface area contributed by atoms with Gasteiger partial charge in [0.15, 0.2) is 0 Å². The Labute approximate surface area is 105 Å². The van der Waals surface area contributed by atoms with E-state index in [1.807, 2.05) is 6.92 Å². The second kappa shape index (κ2) is 7.48. The molecule has 0 aromatic heterocycles. The Balaban J connectivity index is 4.57. The molecule has 2 amide bonds. The van der Waals surface area contributed by atoms with E-state index < -0.39 is 31.2 Å². The van der Waals surface area contributed by atoms with Gasteiger partial charge in [-0.05, 0) is 13.3 Å². The maximum atomic E-state index is 11.7. The van der Waals surface area contributed by atoms with E-state index in [9.17, 15) is 14.2 Å². The summed E-state index contributed by atoms with van der Waals surface area (Å²) in [6.45, 7) is 2.77. The SMILES string of the molecule is CCC[C@H](NC(=O)CN)C(=O)N[C@@H](C)P(=O)(O)O. The summed E-state index contributed by atoms with van der Waals surface area (Å²) in [7, 11) is -4.38. The van der Waals surface area contributed by atoms with Gasteiger partial charge in [-0.25, -0.2) is 0 Å². The first-order valence-corrected chi connectivity index (χ1v) is 7.25. The molecule has 0 aromatic rings. The Hall–Kier alpha value is -0.950. The number of hydrogen-bond acceptors (Lipinski definition) is 4. The molecule has 0 aliphatic rings. The highest BCUT2D eigenvalue weighted by Crippen LogP contribution is 2.39. The molecule has 0 heterocycles. The lowest BCUT2D eigenvalue weighted by Gasteiger charge is -2.21. The summed E-state index contributed by atoms with van der Waals surface area (Å²) in [5.41, 5.74) is 5.12. The van der Waals surface area contributed by atoms with Crippen LogP contribution in [0.2, 0.25) is 0 Å². The molecule has 0 fully saturated rings. The van der Waals surface area contributed by atoms with E-state index in [1.54, 1.807) is 0 Å². The van der Waals surface area contributed by atoms with Crippen molar-refractivity contribution < 1.29 is 23.9 Å². The number of hydrogen-bond donors (Lipinski definition) is 5. The van der Waals surface area contributed by atoms with E-state index in [-0.39, 0.29) is 6.54 Å². The van der Waals surface area contributed by atoms with E-state index in [0.29, 0.717) is 12.8 Å². The third kappa shape index (κ3) is 6.11. The fraction of sp³-hybridized carbons (Fsp3) is 0.778. The average Bonchev–Trinajstić information content (AvgIpc) is 2.26. The highest BCUT2D eigenvalue weighted by molar-refractivity contribution is 7.52. The third-order valence-corrected chi connectivity index (χ3v) is 3.41. The number of carbonyl (C=O) groups is 2. The monoisotopic (exact) mass is 281 g/mol. The van der Waals surface area contributed by atoms with Crippen molar-refractivity contribution in [2.75, 3.05) is 6.54 Å². The first-order valence-electron chi connectivity index (χ1n) is 5.57. The quantitative estimate of drug-likeness (QED) is 0.374. The molecular formula is C9H20N3O5P. The number of rotatable bonds is 7. The molecule has 0 aromatic carbocycles. The van der Waals surface area contributed by atoms with Crippen molar-refractivity contribution in [2.45, 2.75) is 38.5 Å². The van der Waals surface area contributed by atoms with Crippen LogP contribution in [0.25, 0.3) is 0 Å². The van der Waals surface area contributed by atoms with Crippen LogP contribution in [0.1, 0.15) is 26.7 Å². The number of amides is 2. The largest absolute Gasteiger partial charge is 0.347 e. The topological polar surface area (TPSA) is 142 Å². The minimum absolute atomic E-state index is 0.248. The Morgan fingerprint density at radius 3 is 2.28 bits per heavy atom. The predicted molar refractivity (Wildman–Crippen MR) is 65.5 cm³/mol. The molecule has 6 N–H and O–H groups in total. The molecule has 106 valence electrons. The second-order valence-electron chi connectivity index (χ2n) is 3.89. The van der Waals surface area contributed by atoms with Crippen molar-refractivity contribution in [3.05, 3.63) is 0 Å². The van der Waals surface area contributed by atoms with Gasteiger partial charge in [-0.15, -0.1) is 0 Å². The van der Waals surface area contributed by atoms with Crippen molar-refractivity contribution in [1.29, 1.82) is 0 Å². The molecule has 9 heteroatoms. The molecule has 0 aliphatic heterocycles. The van der Waals surface area contributed by atoms with Crippen LogP contribution in [0.4, 0.5) is 0 Å². The Bertz CT molecular complexity index is 343. The summed E-state index contributed by atoms with van der Waals surface area (Å²) in [4.78, 5) is 40.6. The molecule has 0 bridgehead atoms. The van der Waals surface area contributed by atoms with Crippen molar-refractivity contribution in [2.24, 2.45) is 5.73 Å². The molecular weight excluding hydrogens is 261 g/mol. The van der Waals surface area contributed by atoms with Gasteiger partial charge in [-0.1, -0.05) is 13.3 Å². The van der Waals surface area contributed by atoms with Crippen LogP contribution in [-0.2, 0) is 14.2 Å². The van der Waals surface area contributed by atoms with Crippen LogP contribution in [0.3, 0.4) is 0 Å². The Morgan fingerprint density at radius 2 is 1.89 bits per heavy atom. The lowest BCUT2D eigenvalue weighted by Crippen LogP contribution is -2.50. The van der Waals surface area contributed by atoms with Crippen molar-refractivity contribution in [3.8, 4) is 0 Å². The molecule has 0 spiro atoms. The highest BCUT2D eigenvalue weighted by Gasteiger charge is 2.28. The zero-order chi connectivity index (χ0) is 14.3. The van der Waals surface area contributed by atoms with Gasteiger partial charge >= 0.3 is 7.60 Å². The first kappa shape index (κ1) is 17.1. The number of carbonyl (C=O) groups excluding carboxylic acids is 2. The van der Waals surface area contributed by atoms with Gasteiger partial charge in [0.1, 0.15) is 11.8 Å². The van der Waals surface area contributed by atoms with Crippen LogP contribution in [-0.4, -0.2) is 40.0 Å². The molecule has 0 saturated carbocycles. The maximum absolute atomic E-state index is 11.7. The van der Waals surface area contributed by atoms with Gasteiger partial charge in [0.25, 0.3) is 0 Å². The second-order valence-corrected chi connectivity index (χ2v) is 5.84. The van der Waals surface area contributed by atoms with Gasteiger partial charge < -0.3 is 26.2 Å². The van der Waals surface area contributed by atoms with Crippen LogP contribution < -0.4 is 16.4 Å². The normalized spacial score (nSPS) is 14.7. The fourth-order valence-corrected chi connectivity index (χ4v) is 1.50. The lowest BCUT2D eigenvalue weighted by atomic mass is 10.1. The smallest absolute Gasteiger partial charge is 0.343 e. The lowest BCUT2D eigenvalue weighted by molar-refractivity contribution is -0.128. The van der Waals surface area contributed by atoms with Gasteiger partial charge in [-0.2, -0.15) is 0 Å². The zero-order valence-corrected chi connectivity index (χ0v) is 11.3.